The molecule has 0 spiro atoms. The van der Waals surface area contributed by atoms with Gasteiger partial charge in [-0.25, -0.2) is 22.9 Å². The van der Waals surface area contributed by atoms with E-state index in [0.717, 1.165) is 5.39 Å². The van der Waals surface area contributed by atoms with E-state index in [4.69, 9.17) is 10.9 Å². The van der Waals surface area contributed by atoms with E-state index in [1.54, 1.807) is 66.9 Å². The Labute approximate surface area is 215 Å². The van der Waals surface area contributed by atoms with Crippen molar-refractivity contribution < 1.29 is 17.6 Å². The highest BCUT2D eigenvalue weighted by Crippen LogP contribution is 2.31. The number of halogens is 2. The number of anilines is 2. The van der Waals surface area contributed by atoms with Crippen molar-refractivity contribution in [3.8, 4) is 11.1 Å². The fourth-order valence-electron chi connectivity index (χ4n) is 3.64. The van der Waals surface area contributed by atoms with Gasteiger partial charge in [-0.15, -0.1) is 0 Å². The van der Waals surface area contributed by atoms with Gasteiger partial charge in [0.05, 0.1) is 10.6 Å². The van der Waals surface area contributed by atoms with Crippen LogP contribution < -0.4 is 16.2 Å². The summed E-state index contributed by atoms with van der Waals surface area (Å²) in [5.41, 5.74) is 7.98. The number of nitrogens with one attached hydrogen (secondary N) is 1. The zero-order valence-corrected chi connectivity index (χ0v) is 21.4. The second-order valence-corrected chi connectivity index (χ2v) is 10.5. The predicted molar refractivity (Wildman–Crippen MR) is 144 cm³/mol. The third-order valence-corrected chi connectivity index (χ3v) is 7.34. The Hall–Kier alpha value is -3.35. The maximum atomic E-state index is 15.1. The third-order valence-electron chi connectivity index (χ3n) is 5.48. The summed E-state index contributed by atoms with van der Waals surface area (Å²) in [5, 5.41) is 9.43. The van der Waals surface area contributed by atoms with Crippen LogP contribution in [0.4, 0.5) is 15.9 Å². The smallest absolute Gasteiger partial charge is 0.284 e. The Morgan fingerprint density at radius 3 is 2.51 bits per heavy atom. The van der Waals surface area contributed by atoms with Crippen LogP contribution in [0.5, 0.6) is 0 Å². The predicted octanol–water partition coefficient (Wildman–Crippen LogP) is 5.08. The van der Waals surface area contributed by atoms with Crippen molar-refractivity contribution in [3.05, 3.63) is 87.9 Å². The minimum absolute atomic E-state index is 0.0107. The fraction of sp³-hybridized carbons (Fsp3) is 0.0400. The Morgan fingerprint density at radius 1 is 1.06 bits per heavy atom. The maximum absolute atomic E-state index is 15.1. The quantitative estimate of drug-likeness (QED) is 0.217. The van der Waals surface area contributed by atoms with Crippen molar-refractivity contribution in [2.24, 2.45) is 5.14 Å². The van der Waals surface area contributed by atoms with Gasteiger partial charge in [0.1, 0.15) is 5.82 Å². The lowest BCUT2D eigenvalue weighted by atomic mass is 10.0. The number of rotatable bonds is 5. The number of nitrogens with zero attached hydrogens (tertiary/aromatic N) is 1. The summed E-state index contributed by atoms with van der Waals surface area (Å²) in [5.74, 6) is -1.52. The SMILES string of the molecule is C/C(=C(\F)C(=O)Nc1ccc(-c2ccccc2S(N)(=O)=O)cc1I)c1ccc2ccnc(N)c2c1. The molecule has 0 unspecified atom stereocenters. The summed E-state index contributed by atoms with van der Waals surface area (Å²) in [6.45, 7) is 1.51. The lowest BCUT2D eigenvalue weighted by molar-refractivity contribution is -0.114. The largest absolute Gasteiger partial charge is 0.383 e. The zero-order chi connectivity index (χ0) is 25.3. The van der Waals surface area contributed by atoms with Crippen LogP contribution in [0.2, 0.25) is 0 Å². The molecule has 0 radical (unpaired) electrons. The Kier molecular flexibility index (Phi) is 6.88. The standard InChI is InChI=1S/C25H20FIN4O3S/c1-14(16-7-6-15-10-11-30-24(28)19(15)12-16)23(26)25(32)31-21-9-8-17(13-20(21)27)18-4-2-3-5-22(18)35(29,33)34/h2-13H,1H3,(H2,28,30)(H,31,32)(H2,29,33,34)/b23-14+. The first-order chi connectivity index (χ1) is 16.6. The van der Waals surface area contributed by atoms with Crippen LogP contribution in [0.15, 0.2) is 83.6 Å². The number of carbonyl (C=O) groups excluding carboxylic acids is 1. The molecule has 1 heterocycles. The van der Waals surface area contributed by atoms with Crippen LogP contribution in [0.3, 0.4) is 0 Å². The van der Waals surface area contributed by atoms with Crippen LogP contribution in [-0.4, -0.2) is 19.3 Å². The van der Waals surface area contributed by atoms with Crippen LogP contribution >= 0.6 is 22.6 Å². The molecule has 0 saturated heterocycles. The first-order valence-corrected chi connectivity index (χ1v) is 12.9. The second-order valence-electron chi connectivity index (χ2n) is 7.76. The second kappa shape index (κ2) is 9.72. The molecule has 7 nitrogen and oxygen atoms in total. The van der Waals surface area contributed by atoms with E-state index in [-0.39, 0.29) is 10.5 Å². The molecule has 0 aliphatic heterocycles. The zero-order valence-electron chi connectivity index (χ0n) is 18.4. The number of hydrogen-bond donors (Lipinski definition) is 3. The van der Waals surface area contributed by atoms with E-state index in [0.29, 0.717) is 37.2 Å². The minimum atomic E-state index is -3.93. The minimum Gasteiger partial charge on any atom is -0.383 e. The number of fused-ring (bicyclic) bond motifs is 1. The van der Waals surface area contributed by atoms with Crippen LogP contribution in [0.1, 0.15) is 12.5 Å². The van der Waals surface area contributed by atoms with E-state index in [1.165, 1.54) is 13.0 Å². The van der Waals surface area contributed by atoms with Crippen LogP contribution in [0.25, 0.3) is 27.5 Å². The summed E-state index contributed by atoms with van der Waals surface area (Å²) >= 11 is 1.99. The summed E-state index contributed by atoms with van der Waals surface area (Å²) in [7, 11) is -3.93. The highest BCUT2D eigenvalue weighted by atomic mass is 127. The lowest BCUT2D eigenvalue weighted by Crippen LogP contribution is -2.14. The number of allylic oxidation sites excluding steroid dienone is 1. The highest BCUT2D eigenvalue weighted by Gasteiger charge is 2.18. The molecule has 0 bridgehead atoms. The third kappa shape index (κ3) is 5.19. The molecule has 10 heteroatoms. The first kappa shape index (κ1) is 24.8. The molecule has 0 saturated carbocycles. The Bertz CT molecular complexity index is 1620. The van der Waals surface area contributed by atoms with Gasteiger partial charge in [-0.2, -0.15) is 0 Å². The Morgan fingerprint density at radius 2 is 1.80 bits per heavy atom. The molecule has 1 aromatic heterocycles. The molecule has 0 aliphatic carbocycles. The summed E-state index contributed by atoms with van der Waals surface area (Å²) in [6, 6.07) is 18.2. The molecule has 5 N–H and O–H groups in total. The van der Waals surface area contributed by atoms with Gasteiger partial charge < -0.3 is 11.1 Å². The van der Waals surface area contributed by atoms with Gasteiger partial charge in [0.2, 0.25) is 10.0 Å². The summed E-state index contributed by atoms with van der Waals surface area (Å²) in [4.78, 5) is 16.7. The van der Waals surface area contributed by atoms with Gasteiger partial charge in [-0.3, -0.25) is 4.79 Å². The van der Waals surface area contributed by atoms with E-state index in [9.17, 15) is 13.2 Å². The molecule has 3 aromatic carbocycles. The van der Waals surface area contributed by atoms with Gasteiger partial charge in [0.25, 0.3) is 5.91 Å². The van der Waals surface area contributed by atoms with E-state index < -0.39 is 21.8 Å². The molecule has 4 rings (SSSR count). The number of nitrogen functional groups attached to an aromatic ring is 1. The fourth-order valence-corrected chi connectivity index (χ4v) is 5.05. The lowest BCUT2D eigenvalue weighted by Gasteiger charge is -2.12. The monoisotopic (exact) mass is 602 g/mol. The molecular weight excluding hydrogens is 582 g/mol. The Balaban J connectivity index is 1.62. The van der Waals surface area contributed by atoms with E-state index in [2.05, 4.69) is 10.3 Å². The number of aromatic nitrogens is 1. The summed E-state index contributed by atoms with van der Waals surface area (Å²) in [6.07, 6.45) is 1.59. The molecule has 35 heavy (non-hydrogen) atoms. The van der Waals surface area contributed by atoms with Crippen LogP contribution in [-0.2, 0) is 14.8 Å². The molecule has 0 atom stereocenters. The topological polar surface area (TPSA) is 128 Å². The van der Waals surface area contributed by atoms with Gasteiger partial charge >= 0.3 is 0 Å². The number of hydrogen-bond acceptors (Lipinski definition) is 5. The highest BCUT2D eigenvalue weighted by molar-refractivity contribution is 14.1. The van der Waals surface area contributed by atoms with Gasteiger partial charge in [0.15, 0.2) is 5.83 Å². The number of sulfonamides is 1. The number of pyridine rings is 1. The maximum Gasteiger partial charge on any atom is 0.284 e. The average Bonchev–Trinajstić information content (AvgIpc) is 2.84. The van der Waals surface area contributed by atoms with Crippen LogP contribution in [0, 0.1) is 3.57 Å². The van der Waals surface area contributed by atoms with E-state index >= 15 is 4.39 Å². The summed E-state index contributed by atoms with van der Waals surface area (Å²) < 4.78 is 39.5. The number of primary sulfonamides is 1. The van der Waals surface area contributed by atoms with Crippen molar-refractivity contribution in [1.82, 2.24) is 4.98 Å². The molecule has 0 aliphatic rings. The molecule has 4 aromatic rings. The molecule has 178 valence electrons. The number of carbonyl (C=O) groups is 1. The molecule has 1 amide bonds. The van der Waals surface area contributed by atoms with E-state index in [1.807, 2.05) is 22.6 Å². The van der Waals surface area contributed by atoms with Crippen molar-refractivity contribution in [3.63, 3.8) is 0 Å². The van der Waals surface area contributed by atoms with Crippen molar-refractivity contribution in [1.29, 1.82) is 0 Å². The number of amides is 1. The average molecular weight is 602 g/mol. The number of nitrogens with two attached hydrogens (primary N) is 2. The molecule has 0 fully saturated rings. The molecular formula is C25H20FIN4O3S. The normalized spacial score (nSPS) is 12.3. The van der Waals surface area contributed by atoms with Gasteiger partial charge in [-0.05, 0) is 81.9 Å². The first-order valence-electron chi connectivity index (χ1n) is 10.3. The van der Waals surface area contributed by atoms with Crippen molar-refractivity contribution in [2.75, 3.05) is 11.1 Å². The van der Waals surface area contributed by atoms with Gasteiger partial charge in [-0.1, -0.05) is 36.4 Å². The van der Waals surface area contributed by atoms with Crippen molar-refractivity contribution in [2.45, 2.75) is 11.8 Å². The number of benzene rings is 3. The van der Waals surface area contributed by atoms with Crippen molar-refractivity contribution >= 4 is 66.4 Å². The van der Waals surface area contributed by atoms with Gasteiger partial charge in [0, 0.05) is 20.7 Å².